The number of nitrogens with one attached hydrogen (secondary N) is 2. The highest BCUT2D eigenvalue weighted by molar-refractivity contribution is 5.92. The summed E-state index contributed by atoms with van der Waals surface area (Å²) in [4.78, 5) is 37.5. The Hall–Kier alpha value is -3.59. The first-order valence-electron chi connectivity index (χ1n) is 10.8. The van der Waals surface area contributed by atoms with Gasteiger partial charge in [-0.3, -0.25) is 9.59 Å². The van der Waals surface area contributed by atoms with Crippen molar-refractivity contribution in [3.05, 3.63) is 59.7 Å². The van der Waals surface area contributed by atoms with Gasteiger partial charge in [0.2, 0.25) is 11.8 Å². The van der Waals surface area contributed by atoms with E-state index in [1.54, 1.807) is 24.3 Å². The van der Waals surface area contributed by atoms with E-state index in [0.29, 0.717) is 17.5 Å². The number of carboxylic acid groups (broad SMARTS) is 1. The van der Waals surface area contributed by atoms with Gasteiger partial charge < -0.3 is 31.7 Å². The van der Waals surface area contributed by atoms with Gasteiger partial charge in [-0.05, 0) is 41.3 Å². The van der Waals surface area contributed by atoms with Gasteiger partial charge in [-0.1, -0.05) is 44.5 Å². The number of aliphatic carboxylic acids is 1. The van der Waals surface area contributed by atoms with Crippen molar-refractivity contribution in [2.45, 2.75) is 51.2 Å². The predicted octanol–water partition coefficient (Wildman–Crippen LogP) is 1.31. The Kier molecular flexibility index (Phi) is 9.23. The molecule has 0 aromatic heterocycles. The summed E-state index contributed by atoms with van der Waals surface area (Å²) in [5.41, 5.74) is 7.28. The standard InChI is InChI=1S/C24H31N3O6/c1-3-14(2)21(25)23(31)26-19(12-15-4-8-17(28)9-5-15)22(30)27-20(24(32)33)13-16-6-10-18(29)11-7-16/h4-11,14,19-21,28-29H,3,12-13,25H2,1-2H3,(H,26,31)(H,27,30)(H,32,33)/t14-,19+,20-,21+/m1/s1. The molecule has 0 spiro atoms. The highest BCUT2D eigenvalue weighted by Crippen LogP contribution is 2.14. The average Bonchev–Trinajstić information content (AvgIpc) is 2.79. The summed E-state index contributed by atoms with van der Waals surface area (Å²) in [5, 5.41) is 33.7. The fraction of sp³-hybridized carbons (Fsp3) is 0.375. The van der Waals surface area contributed by atoms with Crippen LogP contribution in [0.1, 0.15) is 31.4 Å². The molecule has 0 saturated carbocycles. The number of nitrogens with two attached hydrogens (primary N) is 1. The normalized spacial score (nSPS) is 14.5. The molecule has 2 rings (SSSR count). The lowest BCUT2D eigenvalue weighted by Gasteiger charge is -2.24. The van der Waals surface area contributed by atoms with Crippen LogP contribution in [-0.4, -0.2) is 51.2 Å². The Bertz CT molecular complexity index is 946. The summed E-state index contributed by atoms with van der Waals surface area (Å²) in [5.74, 6) is -2.41. The number of phenols is 2. The molecule has 9 heteroatoms. The molecule has 9 nitrogen and oxygen atoms in total. The molecule has 33 heavy (non-hydrogen) atoms. The van der Waals surface area contributed by atoms with E-state index in [2.05, 4.69) is 10.6 Å². The second kappa shape index (κ2) is 11.9. The van der Waals surface area contributed by atoms with Crippen molar-refractivity contribution in [2.24, 2.45) is 11.7 Å². The maximum absolute atomic E-state index is 13.1. The summed E-state index contributed by atoms with van der Waals surface area (Å²) in [7, 11) is 0. The molecule has 7 N–H and O–H groups in total. The second-order valence-electron chi connectivity index (χ2n) is 8.11. The fourth-order valence-corrected chi connectivity index (χ4v) is 3.20. The maximum Gasteiger partial charge on any atom is 0.326 e. The van der Waals surface area contributed by atoms with Crippen LogP contribution in [-0.2, 0) is 27.2 Å². The van der Waals surface area contributed by atoms with E-state index in [4.69, 9.17) is 5.73 Å². The summed E-state index contributed by atoms with van der Waals surface area (Å²) in [6.45, 7) is 3.73. The second-order valence-corrected chi connectivity index (χ2v) is 8.11. The number of aromatic hydroxyl groups is 2. The molecule has 0 bridgehead atoms. The van der Waals surface area contributed by atoms with Crippen molar-refractivity contribution in [1.29, 1.82) is 0 Å². The highest BCUT2D eigenvalue weighted by atomic mass is 16.4. The minimum atomic E-state index is -1.25. The SMILES string of the molecule is CC[C@@H](C)[C@H](N)C(=O)N[C@@H](Cc1ccc(O)cc1)C(=O)N[C@H](Cc1ccc(O)cc1)C(=O)O. The number of hydrogen-bond acceptors (Lipinski definition) is 6. The zero-order valence-electron chi connectivity index (χ0n) is 18.7. The largest absolute Gasteiger partial charge is 0.508 e. The number of phenolic OH excluding ortho intramolecular Hbond substituents is 2. The quantitative estimate of drug-likeness (QED) is 0.296. The molecule has 0 fully saturated rings. The molecule has 0 aliphatic rings. The summed E-state index contributed by atoms with van der Waals surface area (Å²) in [6.07, 6.45) is 0.751. The third kappa shape index (κ3) is 7.80. The highest BCUT2D eigenvalue weighted by Gasteiger charge is 2.29. The van der Waals surface area contributed by atoms with Crippen molar-refractivity contribution in [3.63, 3.8) is 0 Å². The van der Waals surface area contributed by atoms with Crippen molar-refractivity contribution in [2.75, 3.05) is 0 Å². The molecule has 0 aliphatic heterocycles. The van der Waals surface area contributed by atoms with E-state index in [9.17, 15) is 29.7 Å². The predicted molar refractivity (Wildman–Crippen MR) is 123 cm³/mol. The van der Waals surface area contributed by atoms with Gasteiger partial charge in [0.25, 0.3) is 0 Å². The Labute approximate surface area is 192 Å². The van der Waals surface area contributed by atoms with Gasteiger partial charge in [0.05, 0.1) is 6.04 Å². The number of hydrogen-bond donors (Lipinski definition) is 6. The van der Waals surface area contributed by atoms with Gasteiger partial charge in [-0.2, -0.15) is 0 Å². The molecular formula is C24H31N3O6. The van der Waals surface area contributed by atoms with Crippen LogP contribution in [0.2, 0.25) is 0 Å². The first kappa shape index (κ1) is 25.7. The molecule has 2 aromatic carbocycles. The third-order valence-electron chi connectivity index (χ3n) is 5.56. The maximum atomic E-state index is 13.1. The zero-order valence-corrected chi connectivity index (χ0v) is 18.7. The van der Waals surface area contributed by atoms with E-state index >= 15 is 0 Å². The van der Waals surface area contributed by atoms with E-state index in [-0.39, 0.29) is 30.3 Å². The molecule has 0 heterocycles. The smallest absolute Gasteiger partial charge is 0.326 e. The topological polar surface area (TPSA) is 162 Å². The van der Waals surface area contributed by atoms with E-state index in [1.807, 2.05) is 13.8 Å². The van der Waals surface area contributed by atoms with Crippen molar-refractivity contribution in [3.8, 4) is 11.5 Å². The molecular weight excluding hydrogens is 426 g/mol. The minimum Gasteiger partial charge on any atom is -0.508 e. The van der Waals surface area contributed by atoms with Gasteiger partial charge in [-0.15, -0.1) is 0 Å². The number of amides is 2. The van der Waals surface area contributed by atoms with Gasteiger partial charge in [0.15, 0.2) is 0 Å². The van der Waals surface area contributed by atoms with Crippen molar-refractivity contribution >= 4 is 17.8 Å². The van der Waals surface area contributed by atoms with Crippen LogP contribution < -0.4 is 16.4 Å². The van der Waals surface area contributed by atoms with Crippen molar-refractivity contribution < 1.29 is 29.7 Å². The molecule has 0 unspecified atom stereocenters. The number of carbonyl (C=O) groups is 3. The monoisotopic (exact) mass is 457 g/mol. The Balaban J connectivity index is 2.20. The van der Waals surface area contributed by atoms with Crippen LogP contribution in [0.15, 0.2) is 48.5 Å². The lowest BCUT2D eigenvalue weighted by atomic mass is 9.98. The summed E-state index contributed by atoms with van der Waals surface area (Å²) < 4.78 is 0. The van der Waals surface area contributed by atoms with Crippen molar-refractivity contribution in [1.82, 2.24) is 10.6 Å². The van der Waals surface area contributed by atoms with Crippen LogP contribution in [0, 0.1) is 5.92 Å². The first-order valence-corrected chi connectivity index (χ1v) is 10.8. The lowest BCUT2D eigenvalue weighted by Crippen LogP contribution is -2.56. The molecule has 2 aromatic rings. The van der Waals surface area contributed by atoms with E-state index < -0.39 is 35.9 Å². The molecule has 0 aliphatic carbocycles. The van der Waals surface area contributed by atoms with Crippen LogP contribution in [0.4, 0.5) is 0 Å². The number of carbonyl (C=O) groups excluding carboxylic acids is 2. The molecule has 0 radical (unpaired) electrons. The molecule has 2 amide bonds. The Morgan fingerprint density at radius 3 is 1.67 bits per heavy atom. The van der Waals surface area contributed by atoms with E-state index in [1.165, 1.54) is 24.3 Å². The molecule has 0 saturated heterocycles. The molecule has 4 atom stereocenters. The van der Waals surface area contributed by atoms with Gasteiger partial charge in [0, 0.05) is 12.8 Å². The summed E-state index contributed by atoms with van der Waals surface area (Å²) >= 11 is 0. The lowest BCUT2D eigenvalue weighted by molar-refractivity contribution is -0.142. The van der Waals surface area contributed by atoms with Crippen LogP contribution in [0.3, 0.4) is 0 Å². The summed E-state index contributed by atoms with van der Waals surface area (Å²) in [6, 6.07) is 9.00. The fourth-order valence-electron chi connectivity index (χ4n) is 3.20. The van der Waals surface area contributed by atoms with Gasteiger partial charge in [-0.25, -0.2) is 4.79 Å². The minimum absolute atomic E-state index is 0.00634. The Morgan fingerprint density at radius 1 is 0.818 bits per heavy atom. The first-order chi connectivity index (χ1) is 15.6. The zero-order chi connectivity index (χ0) is 24.5. The Morgan fingerprint density at radius 2 is 1.24 bits per heavy atom. The van der Waals surface area contributed by atoms with Crippen LogP contribution in [0.25, 0.3) is 0 Å². The number of carboxylic acids is 1. The average molecular weight is 458 g/mol. The van der Waals surface area contributed by atoms with Crippen LogP contribution in [0.5, 0.6) is 11.5 Å². The molecule has 178 valence electrons. The number of rotatable bonds is 11. The van der Waals surface area contributed by atoms with Crippen LogP contribution >= 0.6 is 0 Å². The van der Waals surface area contributed by atoms with E-state index in [0.717, 1.165) is 0 Å². The third-order valence-corrected chi connectivity index (χ3v) is 5.56. The number of benzene rings is 2. The van der Waals surface area contributed by atoms with Gasteiger partial charge in [0.1, 0.15) is 23.6 Å². The van der Waals surface area contributed by atoms with Gasteiger partial charge >= 0.3 is 5.97 Å².